The lowest BCUT2D eigenvalue weighted by molar-refractivity contribution is 0.0600. The van der Waals surface area contributed by atoms with Gasteiger partial charge in [0.15, 0.2) is 0 Å². The first-order chi connectivity index (χ1) is 9.10. The number of ether oxygens (including phenoxy) is 1. The lowest BCUT2D eigenvalue weighted by Crippen LogP contribution is -2.42. The van der Waals surface area contributed by atoms with Gasteiger partial charge in [-0.3, -0.25) is 4.90 Å². The monoisotopic (exact) mass is 282 g/mol. The van der Waals surface area contributed by atoms with E-state index in [1.807, 2.05) is 0 Å². The van der Waals surface area contributed by atoms with Crippen molar-refractivity contribution in [1.82, 2.24) is 4.90 Å². The molecular weight excluding hydrogens is 264 g/mol. The molecule has 0 aromatic heterocycles. The highest BCUT2D eigenvalue weighted by molar-refractivity contribution is 6.31. The van der Waals surface area contributed by atoms with Gasteiger partial charge in [0, 0.05) is 24.2 Å². The second-order valence-electron chi connectivity index (χ2n) is 4.94. The summed E-state index contributed by atoms with van der Waals surface area (Å²) < 4.78 is 4.72. The summed E-state index contributed by atoms with van der Waals surface area (Å²) in [5.41, 5.74) is 7.44. The van der Waals surface area contributed by atoms with Crippen molar-refractivity contribution >= 4 is 17.6 Å². The van der Waals surface area contributed by atoms with E-state index in [9.17, 15) is 4.79 Å². The molecule has 0 spiro atoms. The van der Waals surface area contributed by atoms with E-state index in [0.29, 0.717) is 10.6 Å². The van der Waals surface area contributed by atoms with Crippen LogP contribution in [0.2, 0.25) is 5.02 Å². The number of esters is 1. The van der Waals surface area contributed by atoms with Gasteiger partial charge < -0.3 is 10.5 Å². The topological polar surface area (TPSA) is 55.6 Å². The number of hydrogen-bond donors (Lipinski definition) is 1. The molecule has 1 heterocycles. The summed E-state index contributed by atoms with van der Waals surface area (Å²) >= 11 is 6.19. The predicted octanol–water partition coefficient (Wildman–Crippen LogP) is 2.05. The van der Waals surface area contributed by atoms with Crippen molar-refractivity contribution in [2.24, 2.45) is 5.73 Å². The Morgan fingerprint density at radius 3 is 3.05 bits per heavy atom. The van der Waals surface area contributed by atoms with E-state index in [-0.39, 0.29) is 12.0 Å². The smallest absolute Gasteiger partial charge is 0.337 e. The molecule has 19 heavy (non-hydrogen) atoms. The minimum absolute atomic E-state index is 0.233. The van der Waals surface area contributed by atoms with Crippen LogP contribution in [-0.4, -0.2) is 37.1 Å². The Kier molecular flexibility index (Phi) is 4.80. The highest BCUT2D eigenvalue weighted by Crippen LogP contribution is 2.21. The molecule has 0 saturated carbocycles. The van der Waals surface area contributed by atoms with Crippen molar-refractivity contribution in [1.29, 1.82) is 0 Å². The van der Waals surface area contributed by atoms with Gasteiger partial charge in [-0.25, -0.2) is 4.79 Å². The summed E-state index contributed by atoms with van der Waals surface area (Å²) in [5.74, 6) is -0.340. The first kappa shape index (κ1) is 14.3. The van der Waals surface area contributed by atoms with Crippen molar-refractivity contribution in [3.8, 4) is 0 Å². The molecule has 1 aromatic carbocycles. The van der Waals surface area contributed by atoms with E-state index in [1.54, 1.807) is 18.2 Å². The van der Waals surface area contributed by atoms with Crippen molar-refractivity contribution in [3.63, 3.8) is 0 Å². The van der Waals surface area contributed by atoms with Crippen LogP contribution < -0.4 is 5.73 Å². The molecule has 0 bridgehead atoms. The minimum atomic E-state index is -0.340. The van der Waals surface area contributed by atoms with Gasteiger partial charge >= 0.3 is 5.97 Å². The van der Waals surface area contributed by atoms with Crippen LogP contribution in [0.4, 0.5) is 0 Å². The van der Waals surface area contributed by atoms with Gasteiger partial charge in [0.25, 0.3) is 0 Å². The van der Waals surface area contributed by atoms with Gasteiger partial charge in [-0.15, -0.1) is 0 Å². The molecule has 1 aliphatic heterocycles. The molecule has 0 amide bonds. The maximum absolute atomic E-state index is 11.5. The normalized spacial score (nSPS) is 20.3. The van der Waals surface area contributed by atoms with E-state index in [2.05, 4.69) is 4.90 Å². The van der Waals surface area contributed by atoms with E-state index in [0.717, 1.165) is 38.0 Å². The van der Waals surface area contributed by atoms with Crippen LogP contribution >= 0.6 is 11.6 Å². The second-order valence-corrected chi connectivity index (χ2v) is 5.34. The Labute approximate surface area is 118 Å². The molecular formula is C14H19ClN2O2. The predicted molar refractivity (Wildman–Crippen MR) is 75.3 cm³/mol. The lowest BCUT2D eigenvalue weighted by atomic mass is 10.0. The molecule has 2 N–H and O–H groups in total. The molecule has 0 aliphatic carbocycles. The third-order valence-electron chi connectivity index (χ3n) is 3.40. The fraction of sp³-hybridized carbons (Fsp3) is 0.500. The summed E-state index contributed by atoms with van der Waals surface area (Å²) in [6.07, 6.45) is 2.18. The van der Waals surface area contributed by atoms with Crippen molar-refractivity contribution in [3.05, 3.63) is 34.3 Å². The first-order valence-corrected chi connectivity index (χ1v) is 6.82. The number of methoxy groups -OCH3 is 1. The number of carbonyl (C=O) groups is 1. The van der Waals surface area contributed by atoms with Gasteiger partial charge in [0.05, 0.1) is 12.7 Å². The van der Waals surface area contributed by atoms with E-state index in [4.69, 9.17) is 22.1 Å². The van der Waals surface area contributed by atoms with E-state index >= 15 is 0 Å². The average molecular weight is 283 g/mol. The van der Waals surface area contributed by atoms with Crippen molar-refractivity contribution in [2.45, 2.75) is 25.4 Å². The fourth-order valence-corrected chi connectivity index (χ4v) is 2.59. The zero-order chi connectivity index (χ0) is 13.8. The zero-order valence-corrected chi connectivity index (χ0v) is 11.8. The zero-order valence-electron chi connectivity index (χ0n) is 11.1. The van der Waals surface area contributed by atoms with Crippen LogP contribution in [0.1, 0.15) is 28.8 Å². The van der Waals surface area contributed by atoms with Gasteiger partial charge in [-0.2, -0.15) is 0 Å². The van der Waals surface area contributed by atoms with Gasteiger partial charge in [-0.1, -0.05) is 11.6 Å². The number of carbonyl (C=O) groups excluding carboxylic acids is 1. The second kappa shape index (κ2) is 6.37. The summed E-state index contributed by atoms with van der Waals surface area (Å²) in [6.45, 7) is 2.61. The Balaban J connectivity index is 2.12. The van der Waals surface area contributed by atoms with Crippen LogP contribution in [0.3, 0.4) is 0 Å². The summed E-state index contributed by atoms with van der Waals surface area (Å²) in [7, 11) is 1.38. The van der Waals surface area contributed by atoms with Crippen LogP contribution in [0.5, 0.6) is 0 Å². The fourth-order valence-electron chi connectivity index (χ4n) is 2.42. The molecule has 0 radical (unpaired) electrons. The molecule has 1 unspecified atom stereocenters. The summed E-state index contributed by atoms with van der Waals surface area (Å²) in [4.78, 5) is 13.8. The molecule has 2 rings (SSSR count). The molecule has 4 nitrogen and oxygen atoms in total. The Bertz CT molecular complexity index is 465. The number of nitrogens with two attached hydrogens (primary N) is 1. The molecule has 1 aliphatic rings. The Morgan fingerprint density at radius 2 is 2.37 bits per heavy atom. The number of likely N-dealkylation sites (tertiary alicyclic amines) is 1. The van der Waals surface area contributed by atoms with Crippen LogP contribution in [0.25, 0.3) is 0 Å². The van der Waals surface area contributed by atoms with Crippen molar-refractivity contribution < 1.29 is 9.53 Å². The molecule has 1 saturated heterocycles. The Hall–Kier alpha value is -1.10. The van der Waals surface area contributed by atoms with Crippen molar-refractivity contribution in [2.75, 3.05) is 20.2 Å². The van der Waals surface area contributed by atoms with E-state index in [1.165, 1.54) is 7.11 Å². The van der Waals surface area contributed by atoms with Crippen LogP contribution in [0, 0.1) is 0 Å². The van der Waals surface area contributed by atoms with E-state index < -0.39 is 0 Å². The third kappa shape index (κ3) is 3.69. The summed E-state index contributed by atoms with van der Waals surface area (Å²) in [6, 6.07) is 5.46. The molecule has 1 aromatic rings. The van der Waals surface area contributed by atoms with Crippen LogP contribution in [-0.2, 0) is 11.3 Å². The molecule has 5 heteroatoms. The third-order valence-corrected chi connectivity index (χ3v) is 3.77. The number of hydrogen-bond acceptors (Lipinski definition) is 4. The average Bonchev–Trinajstić information content (AvgIpc) is 2.40. The first-order valence-electron chi connectivity index (χ1n) is 6.45. The minimum Gasteiger partial charge on any atom is -0.465 e. The maximum Gasteiger partial charge on any atom is 0.337 e. The molecule has 1 fully saturated rings. The highest BCUT2D eigenvalue weighted by atomic mass is 35.5. The summed E-state index contributed by atoms with van der Waals surface area (Å²) in [5, 5.41) is 0.673. The SMILES string of the molecule is COC(=O)c1ccc(Cl)c(CN2CCCC(N)C2)c1. The number of piperidine rings is 1. The molecule has 1 atom stereocenters. The highest BCUT2D eigenvalue weighted by Gasteiger charge is 2.18. The maximum atomic E-state index is 11.5. The quantitative estimate of drug-likeness (QED) is 0.862. The largest absolute Gasteiger partial charge is 0.465 e. The van der Waals surface area contributed by atoms with Gasteiger partial charge in [-0.05, 0) is 43.1 Å². The molecule has 104 valence electrons. The Morgan fingerprint density at radius 1 is 1.58 bits per heavy atom. The number of rotatable bonds is 3. The number of benzene rings is 1. The van der Waals surface area contributed by atoms with Gasteiger partial charge in [0.1, 0.15) is 0 Å². The standard InChI is InChI=1S/C14H19ClN2O2/c1-19-14(18)10-4-5-13(15)11(7-10)8-17-6-2-3-12(16)9-17/h4-5,7,12H,2-3,6,8-9,16H2,1H3. The number of halogens is 1. The lowest BCUT2D eigenvalue weighted by Gasteiger charge is -2.30. The van der Waals surface area contributed by atoms with Gasteiger partial charge in [0.2, 0.25) is 0 Å². The van der Waals surface area contributed by atoms with Crippen LogP contribution in [0.15, 0.2) is 18.2 Å². The number of nitrogens with zero attached hydrogens (tertiary/aromatic N) is 1.